The third-order valence-corrected chi connectivity index (χ3v) is 2.55. The average molecular weight is 178 g/mol. The average Bonchev–Trinajstić information content (AvgIpc) is 1.82. The summed E-state index contributed by atoms with van der Waals surface area (Å²) in [4.78, 5) is 0. The van der Waals surface area contributed by atoms with Crippen molar-refractivity contribution in [3.8, 4) is 0 Å². The van der Waals surface area contributed by atoms with Gasteiger partial charge in [0.2, 0.25) is 0 Å². The minimum atomic E-state index is -2.32. The maximum atomic E-state index is 11.8. The van der Waals surface area contributed by atoms with Crippen LogP contribution < -0.4 is 0 Å². The first kappa shape index (κ1) is 9.90. The van der Waals surface area contributed by atoms with Gasteiger partial charge in [0, 0.05) is 0 Å². The number of hydrogen-bond donors (Lipinski definition) is 0. The van der Waals surface area contributed by atoms with Crippen LogP contribution in [0.5, 0.6) is 0 Å². The Kier molecular flexibility index (Phi) is 3.44. The smallest absolute Gasteiger partial charge is 0.261 e. The quantitative estimate of drug-likeness (QED) is 0.643. The summed E-state index contributed by atoms with van der Waals surface area (Å²) in [5.74, 6) is 1.06. The van der Waals surface area contributed by atoms with E-state index in [0.717, 1.165) is 12.8 Å². The molecule has 0 bridgehead atoms. The fourth-order valence-electron chi connectivity index (χ4n) is 1.66. The Balaban J connectivity index is 2.17. The maximum Gasteiger partial charge on any atom is 0.261 e. The zero-order chi connectivity index (χ0) is 9.14. The van der Waals surface area contributed by atoms with Crippen LogP contribution in [0.25, 0.3) is 0 Å². The molecular formula is C9H16F2O. The predicted molar refractivity (Wildman–Crippen MR) is 43.3 cm³/mol. The van der Waals surface area contributed by atoms with Crippen LogP contribution in [-0.4, -0.2) is 19.1 Å². The molecule has 2 unspecified atom stereocenters. The van der Waals surface area contributed by atoms with Gasteiger partial charge < -0.3 is 4.74 Å². The Labute approximate surface area is 72.1 Å². The second-order valence-corrected chi connectivity index (χ2v) is 3.75. The molecule has 3 heteroatoms. The molecule has 0 amide bonds. The van der Waals surface area contributed by atoms with E-state index in [0.29, 0.717) is 11.8 Å². The van der Waals surface area contributed by atoms with Crippen molar-refractivity contribution >= 4 is 0 Å². The Morgan fingerprint density at radius 3 is 2.33 bits per heavy atom. The minimum Gasteiger partial charge on any atom is -0.372 e. The van der Waals surface area contributed by atoms with Gasteiger partial charge in [-0.2, -0.15) is 0 Å². The molecule has 0 N–H and O–H groups in total. The first-order valence-electron chi connectivity index (χ1n) is 4.51. The molecule has 1 aliphatic carbocycles. The summed E-state index contributed by atoms with van der Waals surface area (Å²) in [5, 5.41) is 0. The number of halogens is 2. The van der Waals surface area contributed by atoms with Gasteiger partial charge in [0.15, 0.2) is 0 Å². The van der Waals surface area contributed by atoms with E-state index in [-0.39, 0.29) is 6.10 Å². The summed E-state index contributed by atoms with van der Waals surface area (Å²) in [7, 11) is 0. The lowest BCUT2D eigenvalue weighted by Crippen LogP contribution is -2.38. The summed E-state index contributed by atoms with van der Waals surface area (Å²) in [6.45, 7) is 3.83. The molecule has 2 atom stereocenters. The minimum absolute atomic E-state index is 0.0963. The number of ether oxygens (including phenoxy) is 1. The third kappa shape index (κ3) is 2.41. The van der Waals surface area contributed by atoms with Gasteiger partial charge in [0.05, 0.1) is 6.10 Å². The molecule has 0 aromatic heterocycles. The van der Waals surface area contributed by atoms with Crippen molar-refractivity contribution in [2.24, 2.45) is 11.8 Å². The zero-order valence-corrected chi connectivity index (χ0v) is 7.59. The Bertz CT molecular complexity index is 136. The van der Waals surface area contributed by atoms with Gasteiger partial charge in [-0.15, -0.1) is 0 Å². The highest BCUT2D eigenvalue weighted by Crippen LogP contribution is 2.36. The third-order valence-electron chi connectivity index (χ3n) is 2.55. The fourth-order valence-corrected chi connectivity index (χ4v) is 1.66. The molecule has 1 nitrogen and oxygen atoms in total. The SMILES string of the molecule is CC(C)C1CCC1OCC(F)F. The second-order valence-electron chi connectivity index (χ2n) is 3.75. The first-order chi connectivity index (χ1) is 5.61. The van der Waals surface area contributed by atoms with Gasteiger partial charge in [-0.1, -0.05) is 13.8 Å². The van der Waals surface area contributed by atoms with E-state index < -0.39 is 13.0 Å². The summed E-state index contributed by atoms with van der Waals surface area (Å²) in [5.41, 5.74) is 0. The zero-order valence-electron chi connectivity index (χ0n) is 7.59. The standard InChI is InChI=1S/C9H16F2O/c1-6(2)7-3-4-8(7)12-5-9(10)11/h6-9H,3-5H2,1-2H3. The molecule has 0 heterocycles. The molecule has 1 rings (SSSR count). The molecule has 1 aliphatic rings. The van der Waals surface area contributed by atoms with E-state index in [2.05, 4.69) is 13.8 Å². The van der Waals surface area contributed by atoms with E-state index in [9.17, 15) is 8.78 Å². The molecule has 0 radical (unpaired) electrons. The predicted octanol–water partition coefficient (Wildman–Crippen LogP) is 2.70. The van der Waals surface area contributed by atoms with Crippen molar-refractivity contribution in [3.05, 3.63) is 0 Å². The van der Waals surface area contributed by atoms with Crippen molar-refractivity contribution in [2.45, 2.75) is 39.2 Å². The van der Waals surface area contributed by atoms with Gasteiger partial charge in [0.25, 0.3) is 6.43 Å². The monoisotopic (exact) mass is 178 g/mol. The van der Waals surface area contributed by atoms with Crippen LogP contribution in [0.4, 0.5) is 8.78 Å². The molecule has 0 spiro atoms. The summed E-state index contributed by atoms with van der Waals surface area (Å²) < 4.78 is 28.6. The molecule has 0 aliphatic heterocycles. The van der Waals surface area contributed by atoms with Crippen LogP contribution in [0.1, 0.15) is 26.7 Å². The van der Waals surface area contributed by atoms with Crippen LogP contribution in [-0.2, 0) is 4.74 Å². The number of alkyl halides is 2. The Morgan fingerprint density at radius 1 is 1.33 bits per heavy atom. The van der Waals surface area contributed by atoms with Crippen molar-refractivity contribution in [2.75, 3.05) is 6.61 Å². The highest BCUT2D eigenvalue weighted by molar-refractivity contribution is 4.83. The summed E-state index contributed by atoms with van der Waals surface area (Å²) in [6, 6.07) is 0. The van der Waals surface area contributed by atoms with Gasteiger partial charge >= 0.3 is 0 Å². The number of hydrogen-bond acceptors (Lipinski definition) is 1. The largest absolute Gasteiger partial charge is 0.372 e. The van der Waals surface area contributed by atoms with E-state index in [1.807, 2.05) is 0 Å². The van der Waals surface area contributed by atoms with Crippen molar-refractivity contribution < 1.29 is 13.5 Å². The van der Waals surface area contributed by atoms with Crippen molar-refractivity contribution in [1.29, 1.82) is 0 Å². The van der Waals surface area contributed by atoms with Gasteiger partial charge in [-0.05, 0) is 24.7 Å². The lowest BCUT2D eigenvalue weighted by atomic mass is 9.74. The van der Waals surface area contributed by atoms with Crippen LogP contribution in [0.3, 0.4) is 0 Å². The van der Waals surface area contributed by atoms with E-state index in [4.69, 9.17) is 4.74 Å². The summed E-state index contributed by atoms with van der Waals surface area (Å²) in [6.07, 6.45) is -0.140. The Hall–Kier alpha value is -0.180. The van der Waals surface area contributed by atoms with Crippen LogP contribution >= 0.6 is 0 Å². The second kappa shape index (κ2) is 4.17. The molecule has 0 saturated heterocycles. The molecule has 72 valence electrons. The van der Waals surface area contributed by atoms with Crippen LogP contribution in [0.2, 0.25) is 0 Å². The summed E-state index contributed by atoms with van der Waals surface area (Å²) >= 11 is 0. The highest BCUT2D eigenvalue weighted by Gasteiger charge is 2.34. The maximum absolute atomic E-state index is 11.8. The molecule has 1 fully saturated rings. The van der Waals surface area contributed by atoms with Gasteiger partial charge in [0.1, 0.15) is 6.61 Å². The fraction of sp³-hybridized carbons (Fsp3) is 1.00. The van der Waals surface area contributed by atoms with Gasteiger partial charge in [-0.3, -0.25) is 0 Å². The topological polar surface area (TPSA) is 9.23 Å². The normalized spacial score (nSPS) is 29.5. The molecule has 12 heavy (non-hydrogen) atoms. The van der Waals surface area contributed by atoms with E-state index in [1.165, 1.54) is 0 Å². The lowest BCUT2D eigenvalue weighted by Gasteiger charge is -2.39. The first-order valence-corrected chi connectivity index (χ1v) is 4.51. The lowest BCUT2D eigenvalue weighted by molar-refractivity contribution is -0.0967. The van der Waals surface area contributed by atoms with Crippen molar-refractivity contribution in [3.63, 3.8) is 0 Å². The van der Waals surface area contributed by atoms with Crippen LogP contribution in [0.15, 0.2) is 0 Å². The van der Waals surface area contributed by atoms with Gasteiger partial charge in [-0.25, -0.2) is 8.78 Å². The molecule has 0 aromatic rings. The van der Waals surface area contributed by atoms with Crippen molar-refractivity contribution in [1.82, 2.24) is 0 Å². The Morgan fingerprint density at radius 2 is 2.00 bits per heavy atom. The van der Waals surface area contributed by atoms with Crippen LogP contribution in [0, 0.1) is 11.8 Å². The molecular weight excluding hydrogens is 162 g/mol. The van der Waals surface area contributed by atoms with E-state index in [1.54, 1.807) is 0 Å². The molecule has 0 aromatic carbocycles. The number of rotatable bonds is 4. The molecule has 1 saturated carbocycles. The highest BCUT2D eigenvalue weighted by atomic mass is 19.3. The van der Waals surface area contributed by atoms with E-state index >= 15 is 0 Å².